The van der Waals surface area contributed by atoms with Crippen molar-refractivity contribution in [2.75, 3.05) is 13.1 Å². The first kappa shape index (κ1) is 24.6. The molecule has 2 atom stereocenters. The number of fused-ring (bicyclic) bond motifs is 1. The zero-order chi connectivity index (χ0) is 25.0. The molecule has 0 aromatic heterocycles. The van der Waals surface area contributed by atoms with Gasteiger partial charge in [-0.2, -0.15) is 10.8 Å². The van der Waals surface area contributed by atoms with Crippen molar-refractivity contribution in [2.45, 2.75) is 45.3 Å². The predicted octanol–water partition coefficient (Wildman–Crippen LogP) is 4.26. The van der Waals surface area contributed by atoms with Crippen LogP contribution in [0.5, 0.6) is 5.75 Å². The average Bonchev–Trinajstić information content (AvgIpc) is 3.21. The molecule has 0 bridgehead atoms. The van der Waals surface area contributed by atoms with Crippen molar-refractivity contribution in [3.63, 3.8) is 0 Å². The first-order valence-electron chi connectivity index (χ1n) is 12.9. The fraction of sp³-hybridized carbons (Fsp3) is 0.379. The Morgan fingerprint density at radius 2 is 1.92 bits per heavy atom. The third-order valence-electron chi connectivity index (χ3n) is 7.27. The van der Waals surface area contributed by atoms with E-state index in [0.29, 0.717) is 25.0 Å². The zero-order valence-corrected chi connectivity index (χ0v) is 20.9. The normalized spacial score (nSPS) is 26.0. The van der Waals surface area contributed by atoms with Gasteiger partial charge in [-0.25, -0.2) is 0 Å². The van der Waals surface area contributed by atoms with Gasteiger partial charge in [-0.3, -0.25) is 4.99 Å². The molecule has 4 N–H and O–H groups in total. The molecule has 1 saturated carbocycles. The number of aliphatic hydroxyl groups excluding tert-OH is 1. The topological polar surface area (TPSA) is 92.2 Å². The number of nitrogens with two attached hydrogens (primary N) is 1. The number of nitrogens with one attached hydrogen (secondary N) is 1. The average molecular weight is 487 g/mol. The van der Waals surface area contributed by atoms with Gasteiger partial charge in [-0.05, 0) is 68.8 Å². The lowest BCUT2D eigenvalue weighted by Gasteiger charge is -2.29. The van der Waals surface area contributed by atoms with E-state index in [2.05, 4.69) is 22.4 Å². The lowest BCUT2D eigenvalue weighted by molar-refractivity contribution is -0.750. The number of hydrogen-bond acceptors (Lipinski definition) is 6. The summed E-state index contributed by atoms with van der Waals surface area (Å²) in [5.74, 6) is 9.56. The van der Waals surface area contributed by atoms with Crippen molar-refractivity contribution >= 4 is 12.1 Å². The van der Waals surface area contributed by atoms with Gasteiger partial charge in [0.1, 0.15) is 24.3 Å². The summed E-state index contributed by atoms with van der Waals surface area (Å²) in [6.45, 7) is 3.92. The molecular formula is C29H36N5O2+. The number of ether oxygens (including phenoxy) is 1. The lowest BCUT2D eigenvalue weighted by atomic mass is 9.80. The summed E-state index contributed by atoms with van der Waals surface area (Å²) in [7, 11) is 0. The zero-order valence-electron chi connectivity index (χ0n) is 20.9. The molecule has 36 heavy (non-hydrogen) atoms. The van der Waals surface area contributed by atoms with Gasteiger partial charge in [0.25, 0.3) is 5.84 Å². The van der Waals surface area contributed by atoms with Crippen molar-refractivity contribution < 1.29 is 14.4 Å². The number of hydrogen-bond donors (Lipinski definition) is 3. The number of allylic oxidation sites excluding steroid dienone is 2. The number of aliphatic hydroxyl groups is 1. The Balaban J connectivity index is 1.32. The van der Waals surface area contributed by atoms with Crippen LogP contribution in [0.25, 0.3) is 0 Å². The molecule has 3 aliphatic rings. The number of aliphatic imine (C=N–C) groups is 2. The molecule has 2 unspecified atom stereocenters. The molecule has 2 aromatic rings. The fourth-order valence-electron chi connectivity index (χ4n) is 5.31. The molecule has 2 aliphatic heterocycles. The van der Waals surface area contributed by atoms with E-state index in [-0.39, 0.29) is 10.7 Å². The first-order chi connectivity index (χ1) is 17.5. The van der Waals surface area contributed by atoms with E-state index in [1.165, 1.54) is 0 Å². The Kier molecular flexibility index (Phi) is 7.43. The molecule has 7 heteroatoms. The summed E-state index contributed by atoms with van der Waals surface area (Å²) >= 11 is 0. The highest BCUT2D eigenvalue weighted by Crippen LogP contribution is 2.41. The van der Waals surface area contributed by atoms with E-state index in [9.17, 15) is 5.11 Å². The van der Waals surface area contributed by atoms with E-state index < -0.39 is 0 Å². The Bertz CT molecular complexity index is 1180. The third-order valence-corrected chi connectivity index (χ3v) is 7.27. The van der Waals surface area contributed by atoms with E-state index >= 15 is 0 Å². The van der Waals surface area contributed by atoms with Crippen LogP contribution in [0.3, 0.4) is 0 Å². The molecule has 0 saturated heterocycles. The summed E-state index contributed by atoms with van der Waals surface area (Å²) < 4.78 is 6.12. The standard InChI is InChI=1S/C29H36N5O2/c1-21(35)17-32-18-22-10-12-24(13-11-22)28-27-19-31-14-15-34(27,30)29(33-28)25-8-5-9-26(16-25)36-20-23-6-3-2-4-7-23/h2-9,14-16,19,21-22,24,32,35H,10-13,17-18,20,30H2,1H3/q+1. The van der Waals surface area contributed by atoms with Crippen LogP contribution in [0, 0.1) is 11.8 Å². The van der Waals surface area contributed by atoms with Crippen LogP contribution in [0.4, 0.5) is 0 Å². The minimum absolute atomic E-state index is 0.0385. The summed E-state index contributed by atoms with van der Waals surface area (Å²) in [4.78, 5) is 9.56. The van der Waals surface area contributed by atoms with E-state index in [1.807, 2.05) is 61.8 Å². The van der Waals surface area contributed by atoms with Crippen LogP contribution in [0.2, 0.25) is 0 Å². The maximum atomic E-state index is 9.50. The summed E-state index contributed by atoms with van der Waals surface area (Å²) in [5.41, 5.74) is 4.10. The van der Waals surface area contributed by atoms with Gasteiger partial charge in [0.2, 0.25) is 5.70 Å². The predicted molar refractivity (Wildman–Crippen MR) is 143 cm³/mol. The van der Waals surface area contributed by atoms with Gasteiger partial charge in [-0.1, -0.05) is 36.4 Å². The van der Waals surface area contributed by atoms with Gasteiger partial charge in [-0.15, -0.1) is 4.59 Å². The number of benzene rings is 2. The smallest absolute Gasteiger partial charge is 0.265 e. The molecule has 2 aromatic carbocycles. The molecule has 0 spiro atoms. The van der Waals surface area contributed by atoms with Crippen molar-refractivity contribution in [3.8, 4) is 5.75 Å². The Morgan fingerprint density at radius 3 is 2.69 bits per heavy atom. The first-order valence-corrected chi connectivity index (χ1v) is 12.9. The SMILES string of the molecule is CC(O)CNCC1CCC(C2=C3C=NC=C[N+]3(N)C(c3cccc(OCc4ccccc4)c3)=N2)CC1. The van der Waals surface area contributed by atoms with Crippen LogP contribution >= 0.6 is 0 Å². The summed E-state index contributed by atoms with van der Waals surface area (Å²) in [5, 5.41) is 12.9. The van der Waals surface area contributed by atoms with Crippen LogP contribution < -0.4 is 15.9 Å². The highest BCUT2D eigenvalue weighted by atomic mass is 16.5. The van der Waals surface area contributed by atoms with Crippen LogP contribution in [0.1, 0.15) is 43.7 Å². The minimum atomic E-state index is -0.309. The molecule has 0 amide bonds. The highest BCUT2D eigenvalue weighted by Gasteiger charge is 2.46. The monoisotopic (exact) mass is 486 g/mol. The molecule has 1 aliphatic carbocycles. The second kappa shape index (κ2) is 10.9. The number of rotatable bonds is 9. The third kappa shape index (κ3) is 5.34. The van der Waals surface area contributed by atoms with Crippen molar-refractivity contribution in [1.82, 2.24) is 5.32 Å². The van der Waals surface area contributed by atoms with Gasteiger partial charge >= 0.3 is 0 Å². The van der Waals surface area contributed by atoms with E-state index in [0.717, 1.165) is 66.3 Å². The number of amidine groups is 1. The fourth-order valence-corrected chi connectivity index (χ4v) is 5.31. The van der Waals surface area contributed by atoms with Crippen LogP contribution in [0.15, 0.2) is 88.4 Å². The maximum absolute atomic E-state index is 9.50. The van der Waals surface area contributed by atoms with Gasteiger partial charge < -0.3 is 15.2 Å². The van der Waals surface area contributed by atoms with Gasteiger partial charge in [0.15, 0.2) is 0 Å². The van der Waals surface area contributed by atoms with E-state index in [1.54, 1.807) is 6.20 Å². The lowest BCUT2D eigenvalue weighted by Crippen LogP contribution is -2.53. The van der Waals surface area contributed by atoms with Gasteiger partial charge in [0, 0.05) is 12.5 Å². The Morgan fingerprint density at radius 1 is 1.11 bits per heavy atom. The quantitative estimate of drug-likeness (QED) is 0.365. The maximum Gasteiger partial charge on any atom is 0.265 e. The van der Waals surface area contributed by atoms with Crippen molar-refractivity contribution in [1.29, 1.82) is 0 Å². The number of nitrogens with zero attached hydrogens (tertiary/aromatic N) is 3. The largest absolute Gasteiger partial charge is 0.489 e. The second-order valence-corrected chi connectivity index (χ2v) is 10.1. The molecule has 188 valence electrons. The highest BCUT2D eigenvalue weighted by molar-refractivity contribution is 6.00. The molecule has 5 rings (SSSR count). The summed E-state index contributed by atoms with van der Waals surface area (Å²) in [6, 6.07) is 18.2. The molecule has 7 nitrogen and oxygen atoms in total. The molecule has 0 radical (unpaired) electrons. The molecule has 2 heterocycles. The number of quaternary nitrogens is 1. The summed E-state index contributed by atoms with van der Waals surface area (Å²) in [6.07, 6.45) is 9.66. The van der Waals surface area contributed by atoms with Crippen LogP contribution in [-0.4, -0.2) is 40.9 Å². The van der Waals surface area contributed by atoms with E-state index in [4.69, 9.17) is 15.6 Å². The van der Waals surface area contributed by atoms with Crippen LogP contribution in [-0.2, 0) is 6.61 Å². The Labute approximate surface area is 213 Å². The Hall–Kier alpha value is -3.10. The molecule has 1 fully saturated rings. The van der Waals surface area contributed by atoms with Gasteiger partial charge in [0.05, 0.1) is 24.1 Å². The van der Waals surface area contributed by atoms with Crippen molar-refractivity contribution in [2.24, 2.45) is 27.7 Å². The minimum Gasteiger partial charge on any atom is -0.489 e. The molecular weight excluding hydrogens is 450 g/mol. The second-order valence-electron chi connectivity index (χ2n) is 10.1. The van der Waals surface area contributed by atoms with Crippen molar-refractivity contribution in [3.05, 3.63) is 89.5 Å².